The molecule has 2 rings (SSSR count). The molecule has 0 saturated heterocycles. The van der Waals surface area contributed by atoms with Crippen molar-refractivity contribution in [3.63, 3.8) is 0 Å². The molecule has 0 aliphatic carbocycles. The van der Waals surface area contributed by atoms with Crippen molar-refractivity contribution in [1.82, 2.24) is 20.1 Å². The van der Waals surface area contributed by atoms with Crippen molar-refractivity contribution in [2.24, 2.45) is 0 Å². The van der Waals surface area contributed by atoms with Crippen LogP contribution in [0.15, 0.2) is 10.6 Å². The molecule has 2 heterocycles. The molecule has 0 aliphatic heterocycles. The van der Waals surface area contributed by atoms with Crippen molar-refractivity contribution in [3.8, 4) is 6.01 Å². The Morgan fingerprint density at radius 3 is 2.67 bits per heavy atom. The summed E-state index contributed by atoms with van der Waals surface area (Å²) >= 11 is 0. The Balaban J connectivity index is 2.08. The Morgan fingerprint density at radius 2 is 2.06 bits per heavy atom. The molecule has 0 spiro atoms. The van der Waals surface area contributed by atoms with Crippen molar-refractivity contribution in [3.05, 3.63) is 17.5 Å². The molecule has 96 valence electrons. The normalized spacial score (nSPS) is 10.2. The SMILES string of the molecule is CNc1nc(NCc2cc(C)no2)nc(OC)n1. The van der Waals surface area contributed by atoms with Gasteiger partial charge in [-0.05, 0) is 6.92 Å². The fraction of sp³-hybridized carbons (Fsp3) is 0.400. The fourth-order valence-corrected chi connectivity index (χ4v) is 1.30. The van der Waals surface area contributed by atoms with Crippen LogP contribution in [0.2, 0.25) is 0 Å². The van der Waals surface area contributed by atoms with E-state index in [0.29, 0.717) is 24.2 Å². The zero-order valence-corrected chi connectivity index (χ0v) is 10.4. The zero-order valence-electron chi connectivity index (χ0n) is 10.4. The van der Waals surface area contributed by atoms with E-state index < -0.39 is 0 Å². The van der Waals surface area contributed by atoms with Crippen molar-refractivity contribution in [1.29, 1.82) is 0 Å². The third-order valence-electron chi connectivity index (χ3n) is 2.12. The lowest BCUT2D eigenvalue weighted by Crippen LogP contribution is -2.08. The Hall–Kier alpha value is -2.38. The van der Waals surface area contributed by atoms with Gasteiger partial charge in [0.15, 0.2) is 5.76 Å². The van der Waals surface area contributed by atoms with E-state index in [1.165, 1.54) is 7.11 Å². The molecule has 0 unspecified atom stereocenters. The molecule has 0 amide bonds. The summed E-state index contributed by atoms with van der Waals surface area (Å²) in [7, 11) is 3.22. The Kier molecular flexibility index (Phi) is 3.56. The number of ether oxygens (including phenoxy) is 1. The number of anilines is 2. The van der Waals surface area contributed by atoms with Gasteiger partial charge in [0.25, 0.3) is 0 Å². The second-order valence-electron chi connectivity index (χ2n) is 3.51. The molecule has 8 nitrogen and oxygen atoms in total. The summed E-state index contributed by atoms with van der Waals surface area (Å²) in [6.45, 7) is 2.30. The summed E-state index contributed by atoms with van der Waals surface area (Å²) in [6, 6.07) is 2.08. The number of aromatic nitrogens is 4. The Morgan fingerprint density at radius 1 is 1.28 bits per heavy atom. The third kappa shape index (κ3) is 2.84. The van der Waals surface area contributed by atoms with Crippen molar-refractivity contribution >= 4 is 11.9 Å². The van der Waals surface area contributed by atoms with Crippen molar-refractivity contribution in [2.75, 3.05) is 24.8 Å². The summed E-state index contributed by atoms with van der Waals surface area (Å²) in [5, 5.41) is 9.63. The Labute approximate surface area is 104 Å². The summed E-state index contributed by atoms with van der Waals surface area (Å²) in [4.78, 5) is 12.2. The zero-order chi connectivity index (χ0) is 13.0. The number of hydrogen-bond acceptors (Lipinski definition) is 8. The van der Waals surface area contributed by atoms with Crippen LogP contribution in [0.4, 0.5) is 11.9 Å². The molecule has 2 aromatic heterocycles. The fourth-order valence-electron chi connectivity index (χ4n) is 1.30. The van der Waals surface area contributed by atoms with Gasteiger partial charge < -0.3 is 19.9 Å². The van der Waals surface area contributed by atoms with Crippen LogP contribution in [0, 0.1) is 6.92 Å². The summed E-state index contributed by atoms with van der Waals surface area (Å²) in [5.41, 5.74) is 0.830. The molecule has 0 aromatic carbocycles. The van der Waals surface area contributed by atoms with Crippen LogP contribution in [0.1, 0.15) is 11.5 Å². The molecule has 2 N–H and O–H groups in total. The second kappa shape index (κ2) is 5.30. The van der Waals surface area contributed by atoms with Gasteiger partial charge in [-0.25, -0.2) is 0 Å². The predicted octanol–water partition coefficient (Wildman–Crippen LogP) is 0.830. The average Bonchev–Trinajstić information content (AvgIpc) is 2.81. The van der Waals surface area contributed by atoms with E-state index in [9.17, 15) is 0 Å². The monoisotopic (exact) mass is 250 g/mol. The number of hydrogen-bond donors (Lipinski definition) is 2. The van der Waals surface area contributed by atoms with E-state index in [2.05, 4.69) is 30.7 Å². The van der Waals surface area contributed by atoms with E-state index in [1.54, 1.807) is 7.05 Å². The van der Waals surface area contributed by atoms with Crippen LogP contribution in [0.25, 0.3) is 0 Å². The number of aryl methyl sites for hydroxylation is 1. The van der Waals surface area contributed by atoms with Crippen LogP contribution >= 0.6 is 0 Å². The highest BCUT2D eigenvalue weighted by Crippen LogP contribution is 2.11. The second-order valence-corrected chi connectivity index (χ2v) is 3.51. The lowest BCUT2D eigenvalue weighted by molar-refractivity contribution is 0.377. The van der Waals surface area contributed by atoms with E-state index >= 15 is 0 Å². The minimum absolute atomic E-state index is 0.241. The van der Waals surface area contributed by atoms with Crippen LogP contribution in [0.3, 0.4) is 0 Å². The maximum atomic E-state index is 5.07. The van der Waals surface area contributed by atoms with Gasteiger partial charge in [-0.2, -0.15) is 15.0 Å². The van der Waals surface area contributed by atoms with Gasteiger partial charge in [0.1, 0.15) is 0 Å². The summed E-state index contributed by atoms with van der Waals surface area (Å²) in [6.07, 6.45) is 0. The minimum atomic E-state index is 0.241. The molecule has 8 heteroatoms. The van der Waals surface area contributed by atoms with Crippen LogP contribution in [-0.2, 0) is 6.54 Å². The topological polar surface area (TPSA) is 98.0 Å². The smallest absolute Gasteiger partial charge is 0.322 e. The number of nitrogens with one attached hydrogen (secondary N) is 2. The van der Waals surface area contributed by atoms with Gasteiger partial charge in [-0.1, -0.05) is 5.16 Å². The quantitative estimate of drug-likeness (QED) is 0.805. The molecule has 0 fully saturated rings. The molecule has 2 aromatic rings. The molecule has 0 aliphatic rings. The van der Waals surface area contributed by atoms with Crippen molar-refractivity contribution in [2.45, 2.75) is 13.5 Å². The van der Waals surface area contributed by atoms with E-state index in [4.69, 9.17) is 9.26 Å². The highest BCUT2D eigenvalue weighted by atomic mass is 16.5. The first-order chi connectivity index (χ1) is 8.71. The first-order valence-corrected chi connectivity index (χ1v) is 5.35. The predicted molar refractivity (Wildman–Crippen MR) is 64.5 cm³/mol. The van der Waals surface area contributed by atoms with Crippen LogP contribution in [-0.4, -0.2) is 34.3 Å². The largest absolute Gasteiger partial charge is 0.467 e. The third-order valence-corrected chi connectivity index (χ3v) is 2.12. The van der Waals surface area contributed by atoms with Crippen molar-refractivity contribution < 1.29 is 9.26 Å². The number of rotatable bonds is 5. The van der Waals surface area contributed by atoms with Crippen LogP contribution in [0.5, 0.6) is 6.01 Å². The van der Waals surface area contributed by atoms with E-state index in [0.717, 1.165) is 5.69 Å². The summed E-state index contributed by atoms with van der Waals surface area (Å²) in [5.74, 6) is 1.54. The van der Waals surface area contributed by atoms with Crippen LogP contribution < -0.4 is 15.4 Å². The van der Waals surface area contributed by atoms with E-state index in [1.807, 2.05) is 13.0 Å². The van der Waals surface area contributed by atoms with Gasteiger partial charge in [0.05, 0.1) is 19.3 Å². The minimum Gasteiger partial charge on any atom is -0.467 e. The van der Waals surface area contributed by atoms with Gasteiger partial charge in [-0.3, -0.25) is 0 Å². The highest BCUT2D eigenvalue weighted by molar-refractivity contribution is 5.35. The molecule has 0 saturated carbocycles. The number of methoxy groups -OCH3 is 1. The lowest BCUT2D eigenvalue weighted by Gasteiger charge is -2.06. The Bertz CT molecular complexity index is 505. The van der Waals surface area contributed by atoms with E-state index in [-0.39, 0.29) is 6.01 Å². The van der Waals surface area contributed by atoms with Gasteiger partial charge in [-0.15, -0.1) is 0 Å². The lowest BCUT2D eigenvalue weighted by atomic mass is 10.4. The summed E-state index contributed by atoms with van der Waals surface area (Å²) < 4.78 is 10.0. The molecule has 0 atom stereocenters. The van der Waals surface area contributed by atoms with Gasteiger partial charge in [0, 0.05) is 13.1 Å². The maximum absolute atomic E-state index is 5.07. The first kappa shape index (κ1) is 12.1. The molecule has 0 radical (unpaired) electrons. The molecule has 0 bridgehead atoms. The number of nitrogens with zero attached hydrogens (tertiary/aromatic N) is 4. The molecular formula is C10H14N6O2. The molecule has 18 heavy (non-hydrogen) atoms. The average molecular weight is 250 g/mol. The van der Waals surface area contributed by atoms with Gasteiger partial charge in [0.2, 0.25) is 11.9 Å². The first-order valence-electron chi connectivity index (χ1n) is 5.35. The highest BCUT2D eigenvalue weighted by Gasteiger charge is 2.06. The van der Waals surface area contributed by atoms with Gasteiger partial charge >= 0.3 is 6.01 Å². The maximum Gasteiger partial charge on any atom is 0.322 e. The standard InChI is InChI=1S/C10H14N6O2/c1-6-4-7(18-16-6)5-12-9-13-8(11-2)14-10(15-9)17-3/h4H,5H2,1-3H3,(H2,11,12,13,14,15). The molecular weight excluding hydrogens is 236 g/mol.